The van der Waals surface area contributed by atoms with Gasteiger partial charge >= 0.3 is 17.9 Å². The van der Waals surface area contributed by atoms with Crippen LogP contribution in [0.25, 0.3) is 0 Å². The Morgan fingerprint density at radius 1 is 1.32 bits per heavy atom. The summed E-state index contributed by atoms with van der Waals surface area (Å²) in [6, 6.07) is 0. The van der Waals surface area contributed by atoms with Crippen molar-refractivity contribution in [2.24, 2.45) is 23.2 Å². The Kier molecular flexibility index (Phi) is 3.75. The van der Waals surface area contributed by atoms with Crippen LogP contribution in [0.15, 0.2) is 0 Å². The molecule has 3 fully saturated rings. The molecular formula is C16H22O6. The Labute approximate surface area is 129 Å². The van der Waals surface area contributed by atoms with E-state index in [2.05, 4.69) is 0 Å². The lowest BCUT2D eigenvalue weighted by atomic mass is 9.88. The first-order chi connectivity index (χ1) is 10.3. The number of ether oxygens (including phenoxy) is 3. The van der Waals surface area contributed by atoms with Crippen LogP contribution in [-0.4, -0.2) is 36.7 Å². The number of esters is 3. The molecule has 3 rings (SSSR count). The maximum Gasteiger partial charge on any atom is 0.339 e. The Morgan fingerprint density at radius 2 is 2.05 bits per heavy atom. The third-order valence-corrected chi connectivity index (χ3v) is 5.45. The van der Waals surface area contributed by atoms with Crippen LogP contribution < -0.4 is 0 Å². The van der Waals surface area contributed by atoms with Gasteiger partial charge in [0, 0.05) is 5.92 Å². The molecule has 6 nitrogen and oxygen atoms in total. The first kappa shape index (κ1) is 15.5. The molecule has 2 saturated carbocycles. The minimum absolute atomic E-state index is 0.0220. The third kappa shape index (κ3) is 2.43. The van der Waals surface area contributed by atoms with Crippen LogP contribution in [0, 0.1) is 23.2 Å². The van der Waals surface area contributed by atoms with Crippen LogP contribution in [0.2, 0.25) is 0 Å². The normalized spacial score (nSPS) is 35.6. The average molecular weight is 310 g/mol. The van der Waals surface area contributed by atoms with Gasteiger partial charge in [-0.1, -0.05) is 6.92 Å². The van der Waals surface area contributed by atoms with Gasteiger partial charge in [0.25, 0.3) is 0 Å². The van der Waals surface area contributed by atoms with Gasteiger partial charge in [-0.15, -0.1) is 0 Å². The fourth-order valence-electron chi connectivity index (χ4n) is 3.71. The molecule has 1 heterocycles. The van der Waals surface area contributed by atoms with Gasteiger partial charge in [0.05, 0.1) is 17.4 Å². The first-order valence-electron chi connectivity index (χ1n) is 7.90. The molecule has 5 atom stereocenters. The number of fused-ring (bicyclic) bond motifs is 1. The summed E-state index contributed by atoms with van der Waals surface area (Å²) in [5.74, 6) is -0.833. The number of hydrogen-bond acceptors (Lipinski definition) is 6. The lowest BCUT2D eigenvalue weighted by Crippen LogP contribution is -2.37. The van der Waals surface area contributed by atoms with Crippen LogP contribution in [-0.2, 0) is 28.6 Å². The van der Waals surface area contributed by atoms with Crippen LogP contribution in [0.3, 0.4) is 0 Å². The summed E-state index contributed by atoms with van der Waals surface area (Å²) < 4.78 is 15.8. The smallest absolute Gasteiger partial charge is 0.339 e. The van der Waals surface area contributed by atoms with Gasteiger partial charge in [0.1, 0.15) is 12.7 Å². The summed E-state index contributed by atoms with van der Waals surface area (Å²) in [6.45, 7) is 5.05. The van der Waals surface area contributed by atoms with Crippen LogP contribution in [0.1, 0.15) is 40.0 Å². The Balaban J connectivity index is 1.51. The van der Waals surface area contributed by atoms with Gasteiger partial charge in [-0.3, -0.25) is 9.59 Å². The summed E-state index contributed by atoms with van der Waals surface area (Å²) in [5.41, 5.74) is -0.684. The zero-order valence-electron chi connectivity index (χ0n) is 13.2. The summed E-state index contributed by atoms with van der Waals surface area (Å²) >= 11 is 0. The molecule has 3 aliphatic rings. The van der Waals surface area contributed by atoms with Gasteiger partial charge < -0.3 is 14.2 Å². The van der Waals surface area contributed by atoms with E-state index in [0.717, 1.165) is 12.8 Å². The lowest BCUT2D eigenvalue weighted by Gasteiger charge is -2.25. The predicted molar refractivity (Wildman–Crippen MR) is 74.5 cm³/mol. The van der Waals surface area contributed by atoms with E-state index < -0.39 is 17.4 Å². The van der Waals surface area contributed by atoms with Crippen molar-refractivity contribution in [1.82, 2.24) is 0 Å². The molecule has 5 unspecified atom stereocenters. The van der Waals surface area contributed by atoms with Crippen molar-refractivity contribution in [2.45, 2.75) is 52.2 Å². The minimum Gasteiger partial charge on any atom is -0.459 e. The quantitative estimate of drug-likeness (QED) is 0.565. The van der Waals surface area contributed by atoms with Crippen LogP contribution in [0.5, 0.6) is 0 Å². The van der Waals surface area contributed by atoms with E-state index in [1.165, 1.54) is 0 Å². The fraction of sp³-hybridized carbons (Fsp3) is 0.812. The molecule has 22 heavy (non-hydrogen) atoms. The fourth-order valence-corrected chi connectivity index (χ4v) is 3.71. The second-order valence-electron chi connectivity index (χ2n) is 7.18. The van der Waals surface area contributed by atoms with Crippen LogP contribution >= 0.6 is 0 Å². The van der Waals surface area contributed by atoms with Gasteiger partial charge in [-0.05, 0) is 39.0 Å². The van der Waals surface area contributed by atoms with Crippen molar-refractivity contribution in [3.05, 3.63) is 0 Å². The molecule has 1 saturated heterocycles. The highest BCUT2D eigenvalue weighted by atomic mass is 16.6. The zero-order valence-corrected chi connectivity index (χ0v) is 13.2. The molecule has 6 heteroatoms. The highest BCUT2D eigenvalue weighted by Crippen LogP contribution is 2.55. The van der Waals surface area contributed by atoms with Crippen molar-refractivity contribution >= 4 is 17.9 Å². The van der Waals surface area contributed by atoms with Crippen molar-refractivity contribution < 1.29 is 28.6 Å². The topological polar surface area (TPSA) is 78.9 Å². The van der Waals surface area contributed by atoms with Gasteiger partial charge in [-0.2, -0.15) is 0 Å². The van der Waals surface area contributed by atoms with Crippen LogP contribution in [0.4, 0.5) is 0 Å². The molecule has 0 radical (unpaired) electrons. The summed E-state index contributed by atoms with van der Waals surface area (Å²) in [7, 11) is 0. The number of rotatable bonds is 5. The predicted octanol–water partition coefficient (Wildman–Crippen LogP) is 1.46. The molecular weight excluding hydrogens is 288 g/mol. The molecule has 0 aromatic heterocycles. The second-order valence-corrected chi connectivity index (χ2v) is 7.18. The van der Waals surface area contributed by atoms with E-state index in [-0.39, 0.29) is 42.5 Å². The zero-order chi connectivity index (χ0) is 16.1. The standard InChI is InChI=1S/C16H22O6/c1-4-16(2,3)15(19)21-11(17)7-20-12-8-5-9-10(6-8)14(18)22-13(9)12/h8-10,12-13H,4-7H2,1-3H3. The first-order valence-corrected chi connectivity index (χ1v) is 7.90. The Hall–Kier alpha value is -1.43. The summed E-state index contributed by atoms with van der Waals surface area (Å²) in [6.07, 6.45) is 1.82. The maximum atomic E-state index is 11.8. The van der Waals surface area contributed by atoms with E-state index in [4.69, 9.17) is 14.2 Å². The van der Waals surface area contributed by atoms with Gasteiger partial charge in [-0.25, -0.2) is 4.79 Å². The van der Waals surface area contributed by atoms with Gasteiger partial charge in [0.15, 0.2) is 0 Å². The van der Waals surface area contributed by atoms with Crippen molar-refractivity contribution in [1.29, 1.82) is 0 Å². The number of carbonyl (C=O) groups excluding carboxylic acids is 3. The molecule has 2 aliphatic carbocycles. The van der Waals surface area contributed by atoms with E-state index in [9.17, 15) is 14.4 Å². The third-order valence-electron chi connectivity index (χ3n) is 5.45. The maximum absolute atomic E-state index is 11.8. The van der Waals surface area contributed by atoms with Gasteiger partial charge in [0.2, 0.25) is 0 Å². The largest absolute Gasteiger partial charge is 0.459 e. The molecule has 0 spiro atoms. The van der Waals surface area contributed by atoms with Crippen molar-refractivity contribution in [3.63, 3.8) is 0 Å². The Morgan fingerprint density at radius 3 is 2.73 bits per heavy atom. The molecule has 1 aliphatic heterocycles. The molecule has 0 amide bonds. The Bertz CT molecular complexity index is 511. The number of hydrogen-bond donors (Lipinski definition) is 0. The summed E-state index contributed by atoms with van der Waals surface area (Å²) in [4.78, 5) is 35.3. The minimum atomic E-state index is -0.685. The monoisotopic (exact) mass is 310 g/mol. The SMILES string of the molecule is CCC(C)(C)C(=O)OC(=O)COC1C2CC3C(=O)OC1C3C2. The van der Waals surface area contributed by atoms with E-state index >= 15 is 0 Å². The molecule has 0 aromatic rings. The molecule has 0 N–H and O–H groups in total. The van der Waals surface area contributed by atoms with E-state index in [1.54, 1.807) is 13.8 Å². The molecule has 0 aromatic carbocycles. The highest BCUT2D eigenvalue weighted by molar-refractivity contribution is 5.88. The van der Waals surface area contributed by atoms with Crippen molar-refractivity contribution in [2.75, 3.05) is 6.61 Å². The van der Waals surface area contributed by atoms with E-state index in [0.29, 0.717) is 6.42 Å². The summed E-state index contributed by atoms with van der Waals surface area (Å²) in [5, 5.41) is 0. The highest BCUT2D eigenvalue weighted by Gasteiger charge is 2.62. The molecule has 2 bridgehead atoms. The lowest BCUT2D eigenvalue weighted by molar-refractivity contribution is -0.172. The number of carbonyl (C=O) groups is 3. The average Bonchev–Trinajstić information content (AvgIpc) is 3.08. The van der Waals surface area contributed by atoms with Crippen molar-refractivity contribution in [3.8, 4) is 0 Å². The second kappa shape index (κ2) is 5.33. The molecule has 122 valence electrons. The van der Waals surface area contributed by atoms with E-state index in [1.807, 2.05) is 6.92 Å².